The molecule has 0 radical (unpaired) electrons. The molecule has 0 saturated carbocycles. The van der Waals surface area contributed by atoms with E-state index in [4.69, 9.17) is 72.4 Å². The molecule has 4 heterocycles. The number of carboxylic acids is 3. The molecule has 0 spiro atoms. The molecule has 1 aromatic heterocycles. The fourth-order valence-corrected chi connectivity index (χ4v) is 12.4. The second-order valence-electron chi connectivity index (χ2n) is 22.4. The van der Waals surface area contributed by atoms with E-state index in [9.17, 15) is 49.1 Å². The molecule has 494 valence electrons. The molecule has 2 unspecified atom stereocenters. The van der Waals surface area contributed by atoms with Gasteiger partial charge in [0.05, 0.1) is 70.4 Å². The maximum Gasteiger partial charge on any atom is 0.304 e. The van der Waals surface area contributed by atoms with Gasteiger partial charge in [-0.1, -0.05) is 132 Å². The standard InChI is InChI=1S/C69H60Cl3F5O17/c70-38-28-29-49-44(31-38)62(86)45(34-87-49)66-88-32-36(14-3-1-5-26-51(79)80)64(91-66)42-21-12-20-39(61(42)85)35(30-53(83)84)15-11-16-37-33-89-68(54-46(71)22-13-23-47(54)72)92-63(37)41-18-8-10-25-50(41)90-67-43(19-4-2-6-27-52(81)82)65(40-17-7-9-24-48(40)78)93-69(94-67)55-56(73)58(75)60(77)59(76)57(55)74/h1-4,7-13,15,17-18,20-25,28-29,31,34-37,43,63-69,78,85H,5-6,14,16,19,26-27,30,32-33H2,(H,79,80)(H,81,82)(H,83,84)/b3-1-,4-2-,15-11-/t35?,36-,37-,43+,63+,64+,65-,66+,67?,68+,69-/m1/s1. The van der Waals surface area contributed by atoms with E-state index in [1.807, 2.05) is 0 Å². The van der Waals surface area contributed by atoms with Crippen molar-refractivity contribution < 1.29 is 99.4 Å². The maximum atomic E-state index is 15.9. The van der Waals surface area contributed by atoms with Gasteiger partial charge >= 0.3 is 17.9 Å². The zero-order valence-electron chi connectivity index (χ0n) is 49.4. The van der Waals surface area contributed by atoms with Gasteiger partial charge in [-0.3, -0.25) is 19.2 Å². The van der Waals surface area contributed by atoms with E-state index in [2.05, 4.69) is 0 Å². The minimum atomic E-state index is -2.44. The quantitative estimate of drug-likeness (QED) is 0.0163. The van der Waals surface area contributed by atoms with Crippen molar-refractivity contribution in [3.8, 4) is 17.2 Å². The number of hydrogen-bond donors (Lipinski definition) is 5. The number of phenolic OH excluding ortho intramolecular Hbond substituents is 2. The molecule has 25 heteroatoms. The largest absolute Gasteiger partial charge is 0.508 e. The van der Waals surface area contributed by atoms with Gasteiger partial charge in [-0.2, -0.15) is 0 Å². The van der Waals surface area contributed by atoms with Gasteiger partial charge in [0.1, 0.15) is 29.1 Å². The Morgan fingerprint density at radius 2 is 1.15 bits per heavy atom. The summed E-state index contributed by atoms with van der Waals surface area (Å²) in [5.74, 6) is -19.0. The van der Waals surface area contributed by atoms with Crippen LogP contribution in [0.25, 0.3) is 11.0 Å². The summed E-state index contributed by atoms with van der Waals surface area (Å²) in [6.07, 6.45) is 0.309. The third-order valence-corrected chi connectivity index (χ3v) is 17.2. The van der Waals surface area contributed by atoms with Gasteiger partial charge in [0.25, 0.3) is 0 Å². The maximum absolute atomic E-state index is 15.9. The lowest BCUT2D eigenvalue weighted by atomic mass is 9.86. The van der Waals surface area contributed by atoms with Crippen LogP contribution in [0.15, 0.2) is 155 Å². The van der Waals surface area contributed by atoms with E-state index in [0.717, 1.165) is 0 Å². The molecular formula is C69H60Cl3F5O17. The molecule has 3 aliphatic heterocycles. The number of fused-ring (bicyclic) bond motifs is 1. The van der Waals surface area contributed by atoms with Crippen molar-refractivity contribution >= 4 is 63.7 Å². The predicted octanol–water partition coefficient (Wildman–Crippen LogP) is 16.3. The van der Waals surface area contributed by atoms with Gasteiger partial charge in [0.2, 0.25) is 17.5 Å². The van der Waals surface area contributed by atoms with Gasteiger partial charge in [-0.05, 0) is 74.6 Å². The lowest BCUT2D eigenvalue weighted by Crippen LogP contribution is -2.42. The second kappa shape index (κ2) is 30.9. The summed E-state index contributed by atoms with van der Waals surface area (Å²) in [6.45, 7) is -0.127. The molecule has 7 aromatic rings. The predicted molar refractivity (Wildman–Crippen MR) is 330 cm³/mol. The Hall–Kier alpha value is -8.16. The number of rotatable bonds is 24. The Balaban J connectivity index is 1.00. The summed E-state index contributed by atoms with van der Waals surface area (Å²) in [5, 5.41) is 53.5. The Morgan fingerprint density at radius 3 is 1.82 bits per heavy atom. The molecule has 6 aromatic carbocycles. The topological polar surface area (TPSA) is 247 Å². The molecular weight excluding hydrogens is 1300 g/mol. The first kappa shape index (κ1) is 68.7. The summed E-state index contributed by atoms with van der Waals surface area (Å²) in [6, 6.07) is 26.0. The van der Waals surface area contributed by atoms with E-state index in [1.54, 1.807) is 97.1 Å². The van der Waals surface area contributed by atoms with Crippen LogP contribution in [0.2, 0.25) is 15.1 Å². The highest BCUT2D eigenvalue weighted by Gasteiger charge is 2.47. The fraction of sp³-hybridized carbons (Fsp3) is 0.304. The Morgan fingerprint density at radius 1 is 0.574 bits per heavy atom. The molecule has 0 aliphatic carbocycles. The van der Waals surface area contributed by atoms with Crippen LogP contribution >= 0.6 is 34.8 Å². The lowest BCUT2D eigenvalue weighted by Gasteiger charge is -2.43. The summed E-state index contributed by atoms with van der Waals surface area (Å²) in [5.41, 5.74) is -0.811. The minimum absolute atomic E-state index is 0.000366. The SMILES string of the molecule is O=C(O)CC/C=C\C[C@@H]1CO[C@H](c2coc3ccc(Cl)cc3c2=O)O[C@@H]1c1cccc(C(/C=C\C[C@@H]2CO[C@H](c3c(Cl)cccc3Cl)O[C@@H]2c2ccccc2OC2O[C@H](c3c(F)c(F)c(F)c(F)c3F)O[C@H](c3ccccc3O)[C@@H]2C/C=C\CCC(=O)O)CC(=O)O)c1O. The van der Waals surface area contributed by atoms with Crippen LogP contribution in [0.1, 0.15) is 133 Å². The van der Waals surface area contributed by atoms with Crippen LogP contribution in [0.3, 0.4) is 0 Å². The number of aliphatic carboxylic acids is 3. The van der Waals surface area contributed by atoms with Crippen molar-refractivity contribution in [1.29, 1.82) is 0 Å². The number of hydrogen-bond acceptors (Lipinski definition) is 14. The van der Waals surface area contributed by atoms with E-state index in [0.29, 0.717) is 0 Å². The molecule has 0 amide bonds. The Bertz CT molecular complexity index is 4040. The molecule has 11 atom stereocenters. The van der Waals surface area contributed by atoms with Crippen molar-refractivity contribution in [1.82, 2.24) is 0 Å². The van der Waals surface area contributed by atoms with Gasteiger partial charge in [-0.15, -0.1) is 0 Å². The van der Waals surface area contributed by atoms with Crippen LogP contribution < -0.4 is 10.2 Å². The Kier molecular flexibility index (Phi) is 22.6. The number of para-hydroxylation sites is 3. The van der Waals surface area contributed by atoms with Crippen LogP contribution in [0.4, 0.5) is 22.0 Å². The summed E-state index contributed by atoms with van der Waals surface area (Å²) < 4.78 is 127. The molecule has 5 N–H and O–H groups in total. The number of carbonyl (C=O) groups is 3. The first-order chi connectivity index (χ1) is 45.2. The smallest absolute Gasteiger partial charge is 0.304 e. The zero-order valence-corrected chi connectivity index (χ0v) is 51.7. The van der Waals surface area contributed by atoms with Crippen molar-refractivity contribution in [2.75, 3.05) is 13.2 Å². The number of allylic oxidation sites excluding steroid dienone is 6. The van der Waals surface area contributed by atoms with Gasteiger partial charge in [-0.25, -0.2) is 22.0 Å². The van der Waals surface area contributed by atoms with Crippen LogP contribution in [-0.2, 0) is 42.8 Å². The molecule has 3 fully saturated rings. The highest BCUT2D eigenvalue weighted by atomic mass is 35.5. The van der Waals surface area contributed by atoms with Gasteiger partial charge in [0.15, 0.2) is 42.1 Å². The molecule has 10 rings (SSSR count). The lowest BCUT2D eigenvalue weighted by molar-refractivity contribution is -0.321. The first-order valence-electron chi connectivity index (χ1n) is 29.7. The molecule has 3 saturated heterocycles. The third kappa shape index (κ3) is 15.6. The van der Waals surface area contributed by atoms with Crippen LogP contribution in [0, 0.1) is 46.8 Å². The van der Waals surface area contributed by atoms with Crippen molar-refractivity contribution in [2.24, 2.45) is 17.8 Å². The number of ether oxygens (including phenoxy) is 7. The molecule has 3 aliphatic rings. The Labute approximate surface area is 548 Å². The first-order valence-corrected chi connectivity index (χ1v) is 30.8. The highest BCUT2D eigenvalue weighted by Crippen LogP contribution is 2.51. The molecule has 0 bridgehead atoms. The van der Waals surface area contributed by atoms with Crippen molar-refractivity contribution in [3.05, 3.63) is 239 Å². The van der Waals surface area contributed by atoms with E-state index in [1.165, 1.54) is 48.7 Å². The number of phenols is 2. The van der Waals surface area contributed by atoms with Crippen molar-refractivity contribution in [3.63, 3.8) is 0 Å². The zero-order chi connectivity index (χ0) is 66.9. The number of aromatic hydroxyl groups is 2. The van der Waals surface area contributed by atoms with E-state index >= 15 is 17.6 Å². The van der Waals surface area contributed by atoms with Crippen LogP contribution in [-0.4, -0.2) is 62.9 Å². The monoisotopic (exact) mass is 1360 g/mol. The second-order valence-corrected chi connectivity index (χ2v) is 23.7. The van der Waals surface area contributed by atoms with E-state index < -0.39 is 132 Å². The highest BCUT2D eigenvalue weighted by molar-refractivity contribution is 6.36. The number of halogens is 8. The normalized spacial score (nSPS) is 22.9. The molecule has 17 nitrogen and oxygen atoms in total. The average Bonchev–Trinajstić information content (AvgIpc) is 0.774. The number of benzene rings is 6. The minimum Gasteiger partial charge on any atom is -0.508 e. The molecule has 94 heavy (non-hydrogen) atoms. The average molecular weight is 1360 g/mol. The summed E-state index contributed by atoms with van der Waals surface area (Å²) in [7, 11) is 0. The van der Waals surface area contributed by atoms with Crippen molar-refractivity contribution in [2.45, 2.75) is 101 Å². The third-order valence-electron chi connectivity index (χ3n) is 16.3. The fourth-order valence-electron chi connectivity index (χ4n) is 11.6. The summed E-state index contributed by atoms with van der Waals surface area (Å²) in [4.78, 5) is 49.4. The number of carboxylic acid groups (broad SMARTS) is 3. The van der Waals surface area contributed by atoms with Gasteiger partial charge in [0, 0.05) is 63.4 Å². The van der Waals surface area contributed by atoms with E-state index in [-0.39, 0.29) is 135 Å². The van der Waals surface area contributed by atoms with Gasteiger partial charge < -0.3 is 63.1 Å². The van der Waals surface area contributed by atoms with Crippen LogP contribution in [0.5, 0.6) is 17.2 Å². The summed E-state index contributed by atoms with van der Waals surface area (Å²) >= 11 is 19.7.